The van der Waals surface area contributed by atoms with Gasteiger partial charge < -0.3 is 4.84 Å². The summed E-state index contributed by atoms with van der Waals surface area (Å²) in [6.45, 7) is 13.0. The van der Waals surface area contributed by atoms with Crippen LogP contribution in [0, 0.1) is 10.8 Å². The van der Waals surface area contributed by atoms with Crippen molar-refractivity contribution >= 4 is 5.97 Å². The average molecular weight is 480 g/mol. The van der Waals surface area contributed by atoms with Crippen LogP contribution in [-0.4, -0.2) is 24.1 Å². The highest BCUT2D eigenvalue weighted by Crippen LogP contribution is 2.34. The van der Waals surface area contributed by atoms with Gasteiger partial charge in [0.05, 0.1) is 5.41 Å². The van der Waals surface area contributed by atoms with Crippen LogP contribution >= 0.6 is 0 Å². The Morgan fingerprint density at radius 1 is 0.618 bits per heavy atom. The molecule has 0 spiro atoms. The maximum atomic E-state index is 12.6. The lowest BCUT2D eigenvalue weighted by atomic mass is 9.79. The Hall–Kier alpha value is -0.570. The fraction of sp³-hybridized carbons (Fsp3) is 0.968. The van der Waals surface area contributed by atoms with E-state index >= 15 is 0 Å². The minimum absolute atomic E-state index is 0.0424. The van der Waals surface area contributed by atoms with Gasteiger partial charge in [-0.05, 0) is 51.4 Å². The van der Waals surface area contributed by atoms with Crippen LogP contribution in [-0.2, 0) is 9.63 Å². The van der Waals surface area contributed by atoms with Crippen LogP contribution in [0.1, 0.15) is 169 Å². The molecule has 0 unspecified atom stereocenters. The van der Waals surface area contributed by atoms with Gasteiger partial charge in [-0.2, -0.15) is 0 Å². The van der Waals surface area contributed by atoms with E-state index in [1.54, 1.807) is 0 Å². The lowest BCUT2D eigenvalue weighted by molar-refractivity contribution is -0.205. The van der Waals surface area contributed by atoms with Crippen molar-refractivity contribution in [2.75, 3.05) is 13.1 Å². The summed E-state index contributed by atoms with van der Waals surface area (Å²) >= 11 is 0. The van der Waals surface area contributed by atoms with Gasteiger partial charge in [-0.15, -0.1) is 5.06 Å². The molecule has 202 valence electrons. The summed E-state index contributed by atoms with van der Waals surface area (Å²) in [6, 6.07) is 0. The molecule has 0 radical (unpaired) electrons. The van der Waals surface area contributed by atoms with Crippen molar-refractivity contribution in [2.45, 2.75) is 169 Å². The van der Waals surface area contributed by atoms with E-state index in [-0.39, 0.29) is 11.4 Å². The molecule has 0 aliphatic carbocycles. The average Bonchev–Trinajstić information content (AvgIpc) is 2.79. The number of hydrogen-bond donors (Lipinski definition) is 0. The summed E-state index contributed by atoms with van der Waals surface area (Å²) in [7, 11) is 0. The summed E-state index contributed by atoms with van der Waals surface area (Å²) < 4.78 is 0. The highest BCUT2D eigenvalue weighted by atomic mass is 16.7. The van der Waals surface area contributed by atoms with E-state index in [0.29, 0.717) is 5.41 Å². The van der Waals surface area contributed by atoms with Crippen LogP contribution < -0.4 is 0 Å². The van der Waals surface area contributed by atoms with Crippen molar-refractivity contribution in [1.82, 2.24) is 5.06 Å². The molecule has 1 aliphatic rings. The maximum Gasteiger partial charge on any atom is 0.330 e. The Kier molecular flexibility index (Phi) is 17.3. The SMILES string of the molecule is CCCCCCCCCCCCCCCCC(C)(C)CCCC(C)(C)C(=O)ON1CCCCC1. The molecule has 0 aromatic heterocycles. The number of hydrogen-bond acceptors (Lipinski definition) is 3. The first-order valence-corrected chi connectivity index (χ1v) is 15.2. The Balaban J connectivity index is 1.99. The van der Waals surface area contributed by atoms with E-state index in [1.807, 2.05) is 5.06 Å². The van der Waals surface area contributed by atoms with Crippen molar-refractivity contribution in [3.63, 3.8) is 0 Å². The van der Waals surface area contributed by atoms with Gasteiger partial charge in [-0.1, -0.05) is 124 Å². The number of carbonyl (C=O) groups is 1. The molecule has 1 aliphatic heterocycles. The van der Waals surface area contributed by atoms with Gasteiger partial charge in [-0.3, -0.25) is 0 Å². The zero-order chi connectivity index (χ0) is 25.1. The molecule has 1 heterocycles. The molecule has 0 aromatic rings. The quantitative estimate of drug-likeness (QED) is 0.153. The molecule has 3 nitrogen and oxygen atoms in total. The Labute approximate surface area is 214 Å². The second-order valence-corrected chi connectivity index (χ2v) is 12.6. The predicted molar refractivity (Wildman–Crippen MR) is 148 cm³/mol. The van der Waals surface area contributed by atoms with Crippen molar-refractivity contribution < 1.29 is 9.63 Å². The third-order valence-electron chi connectivity index (χ3n) is 7.94. The fourth-order valence-corrected chi connectivity index (χ4v) is 5.23. The van der Waals surface area contributed by atoms with Crippen molar-refractivity contribution in [3.8, 4) is 0 Å². The standard InChI is InChI=1S/C31H61NO2/c1-6-7-8-9-10-11-12-13-14-15-16-17-18-20-24-30(2,3)25-23-26-31(4,5)29(33)34-32-27-21-19-22-28-32/h6-28H2,1-5H3. The van der Waals surface area contributed by atoms with Crippen LogP contribution in [0.25, 0.3) is 0 Å². The predicted octanol–water partition coefficient (Wildman–Crippen LogP) is 10.0. The first-order valence-electron chi connectivity index (χ1n) is 15.2. The topological polar surface area (TPSA) is 29.5 Å². The van der Waals surface area contributed by atoms with Crippen molar-refractivity contribution in [1.29, 1.82) is 0 Å². The molecule has 0 amide bonds. The number of piperidine rings is 1. The highest BCUT2D eigenvalue weighted by Gasteiger charge is 2.32. The number of rotatable bonds is 21. The van der Waals surface area contributed by atoms with E-state index in [2.05, 4.69) is 34.6 Å². The minimum Gasteiger partial charge on any atom is -0.367 e. The van der Waals surface area contributed by atoms with Crippen molar-refractivity contribution in [2.24, 2.45) is 10.8 Å². The summed E-state index contributed by atoms with van der Waals surface area (Å²) in [4.78, 5) is 18.3. The van der Waals surface area contributed by atoms with E-state index in [0.717, 1.165) is 38.8 Å². The smallest absolute Gasteiger partial charge is 0.330 e. The van der Waals surface area contributed by atoms with Gasteiger partial charge in [0.25, 0.3) is 0 Å². The molecule has 0 saturated carbocycles. The second-order valence-electron chi connectivity index (χ2n) is 12.6. The van der Waals surface area contributed by atoms with Gasteiger partial charge in [0.1, 0.15) is 0 Å². The van der Waals surface area contributed by atoms with Crippen LogP contribution in [0.15, 0.2) is 0 Å². The molecule has 1 fully saturated rings. The number of carbonyl (C=O) groups excluding carboxylic acids is 1. The Morgan fingerprint density at radius 3 is 1.56 bits per heavy atom. The number of unbranched alkanes of at least 4 members (excludes halogenated alkanes) is 13. The number of hydroxylamine groups is 2. The fourth-order valence-electron chi connectivity index (χ4n) is 5.23. The summed E-state index contributed by atoms with van der Waals surface area (Å²) in [5.74, 6) is -0.0424. The third kappa shape index (κ3) is 16.2. The monoisotopic (exact) mass is 479 g/mol. The summed E-state index contributed by atoms with van der Waals surface area (Å²) in [5, 5.41) is 1.88. The van der Waals surface area contributed by atoms with Crippen LogP contribution in [0.5, 0.6) is 0 Å². The van der Waals surface area contributed by atoms with Gasteiger partial charge in [0.2, 0.25) is 0 Å². The van der Waals surface area contributed by atoms with E-state index in [4.69, 9.17) is 4.84 Å². The molecule has 34 heavy (non-hydrogen) atoms. The van der Waals surface area contributed by atoms with E-state index in [1.165, 1.54) is 109 Å². The zero-order valence-electron chi connectivity index (χ0n) is 24.0. The normalized spacial score (nSPS) is 15.6. The first kappa shape index (κ1) is 31.5. The third-order valence-corrected chi connectivity index (χ3v) is 7.94. The molecule has 3 heteroatoms. The molecular formula is C31H61NO2. The first-order chi connectivity index (χ1) is 16.3. The van der Waals surface area contributed by atoms with E-state index in [9.17, 15) is 4.79 Å². The van der Waals surface area contributed by atoms with Gasteiger partial charge in [0, 0.05) is 13.1 Å². The van der Waals surface area contributed by atoms with Gasteiger partial charge in [-0.25, -0.2) is 4.79 Å². The van der Waals surface area contributed by atoms with Gasteiger partial charge in [0.15, 0.2) is 0 Å². The lowest BCUT2D eigenvalue weighted by Crippen LogP contribution is -2.37. The summed E-state index contributed by atoms with van der Waals surface area (Å²) in [5.41, 5.74) is -0.00738. The highest BCUT2D eigenvalue weighted by molar-refractivity contribution is 5.75. The second kappa shape index (κ2) is 18.7. The molecule has 1 rings (SSSR count). The molecule has 0 aromatic carbocycles. The Bertz CT molecular complexity index is 494. The number of nitrogens with zero attached hydrogens (tertiary/aromatic N) is 1. The zero-order valence-corrected chi connectivity index (χ0v) is 24.0. The van der Waals surface area contributed by atoms with Crippen LogP contribution in [0.4, 0.5) is 0 Å². The van der Waals surface area contributed by atoms with Crippen molar-refractivity contribution in [3.05, 3.63) is 0 Å². The molecule has 0 bridgehead atoms. The maximum absolute atomic E-state index is 12.6. The largest absolute Gasteiger partial charge is 0.367 e. The van der Waals surface area contributed by atoms with Gasteiger partial charge >= 0.3 is 5.97 Å². The van der Waals surface area contributed by atoms with Crippen LogP contribution in [0.3, 0.4) is 0 Å². The summed E-state index contributed by atoms with van der Waals surface area (Å²) in [6.07, 6.45) is 28.0. The lowest BCUT2D eigenvalue weighted by Gasteiger charge is -2.31. The Morgan fingerprint density at radius 2 is 1.06 bits per heavy atom. The molecular weight excluding hydrogens is 418 g/mol. The van der Waals surface area contributed by atoms with E-state index < -0.39 is 0 Å². The van der Waals surface area contributed by atoms with Crippen LogP contribution in [0.2, 0.25) is 0 Å². The minimum atomic E-state index is -0.386. The molecule has 0 atom stereocenters. The molecule has 1 saturated heterocycles. The molecule has 0 N–H and O–H groups in total.